The van der Waals surface area contributed by atoms with Gasteiger partial charge >= 0.3 is 0 Å². The van der Waals surface area contributed by atoms with Crippen LogP contribution in [0.3, 0.4) is 0 Å². The molecule has 0 aliphatic carbocycles. The number of hydrogen-bond donors (Lipinski definition) is 2. The molecule has 0 rings (SSSR count). The third-order valence-electron chi connectivity index (χ3n) is 1.33. The Labute approximate surface area is 62.9 Å². The Morgan fingerprint density at radius 3 is 2.90 bits per heavy atom. The molecule has 0 aromatic carbocycles. The van der Waals surface area contributed by atoms with Crippen LogP contribution in [-0.4, -0.2) is 24.8 Å². The molecule has 1 atom stereocenters. The van der Waals surface area contributed by atoms with Crippen LogP contribution in [-0.2, 0) is 0 Å². The second-order valence-electron chi connectivity index (χ2n) is 2.57. The molecule has 0 fully saturated rings. The van der Waals surface area contributed by atoms with Gasteiger partial charge in [0.2, 0.25) is 0 Å². The van der Waals surface area contributed by atoms with Crippen molar-refractivity contribution in [2.24, 2.45) is 5.92 Å². The Kier molecular flexibility index (Phi) is 6.55. The maximum absolute atomic E-state index is 8.63. The molecule has 0 aromatic heterocycles. The monoisotopic (exact) mass is 143 g/mol. The smallest absolute Gasteiger partial charge is 0.0468 e. The van der Waals surface area contributed by atoms with Crippen molar-refractivity contribution in [1.82, 2.24) is 5.32 Å². The van der Waals surface area contributed by atoms with E-state index < -0.39 is 0 Å². The highest BCUT2D eigenvalue weighted by Gasteiger charge is 1.96. The number of aliphatic hydroxyl groups excluding tert-OH is 1. The molecule has 2 heteroatoms. The zero-order valence-electron chi connectivity index (χ0n) is 6.64. The fourth-order valence-corrected chi connectivity index (χ4v) is 0.617. The van der Waals surface area contributed by atoms with Crippen LogP contribution in [0.15, 0.2) is 12.7 Å². The number of rotatable bonds is 6. The average Bonchev–Trinajstić information content (AvgIpc) is 1.98. The standard InChI is InChI=1S/C8H17NO/c1-3-4-5-9-6-8(2)7-10/h3,8-10H,1,4-7H2,2H3. The van der Waals surface area contributed by atoms with Crippen LogP contribution in [0.4, 0.5) is 0 Å². The topological polar surface area (TPSA) is 32.3 Å². The van der Waals surface area contributed by atoms with Crippen LogP contribution >= 0.6 is 0 Å². The van der Waals surface area contributed by atoms with E-state index in [0.717, 1.165) is 19.5 Å². The summed E-state index contributed by atoms with van der Waals surface area (Å²) < 4.78 is 0. The molecule has 0 aliphatic rings. The van der Waals surface area contributed by atoms with Crippen LogP contribution in [0.5, 0.6) is 0 Å². The lowest BCUT2D eigenvalue weighted by molar-refractivity contribution is 0.234. The van der Waals surface area contributed by atoms with Gasteiger partial charge in [-0.3, -0.25) is 0 Å². The van der Waals surface area contributed by atoms with E-state index in [1.807, 2.05) is 13.0 Å². The van der Waals surface area contributed by atoms with E-state index in [9.17, 15) is 0 Å². The minimum atomic E-state index is 0.265. The molecule has 2 N–H and O–H groups in total. The second-order valence-corrected chi connectivity index (χ2v) is 2.57. The van der Waals surface area contributed by atoms with Gasteiger partial charge in [-0.1, -0.05) is 13.0 Å². The Morgan fingerprint density at radius 1 is 1.70 bits per heavy atom. The van der Waals surface area contributed by atoms with Gasteiger partial charge < -0.3 is 10.4 Å². The Bertz CT molecular complexity index is 83.3. The van der Waals surface area contributed by atoms with Crippen molar-refractivity contribution in [3.8, 4) is 0 Å². The molecular weight excluding hydrogens is 126 g/mol. The van der Waals surface area contributed by atoms with E-state index in [1.54, 1.807) is 0 Å². The van der Waals surface area contributed by atoms with Crippen LogP contribution < -0.4 is 5.32 Å². The van der Waals surface area contributed by atoms with Crippen LogP contribution in [0.25, 0.3) is 0 Å². The molecule has 0 spiro atoms. The summed E-state index contributed by atoms with van der Waals surface area (Å²) in [6, 6.07) is 0. The lowest BCUT2D eigenvalue weighted by atomic mass is 10.2. The maximum atomic E-state index is 8.63. The highest BCUT2D eigenvalue weighted by Crippen LogP contribution is 1.88. The average molecular weight is 143 g/mol. The van der Waals surface area contributed by atoms with Gasteiger partial charge in [-0.2, -0.15) is 0 Å². The number of hydrogen-bond acceptors (Lipinski definition) is 2. The normalized spacial score (nSPS) is 13.0. The Morgan fingerprint density at radius 2 is 2.40 bits per heavy atom. The number of aliphatic hydroxyl groups is 1. The molecule has 60 valence electrons. The Hall–Kier alpha value is -0.340. The van der Waals surface area contributed by atoms with Gasteiger partial charge in [0.15, 0.2) is 0 Å². The van der Waals surface area contributed by atoms with Crippen molar-refractivity contribution in [2.75, 3.05) is 19.7 Å². The van der Waals surface area contributed by atoms with Crippen LogP contribution in [0.2, 0.25) is 0 Å². The molecule has 0 radical (unpaired) electrons. The lowest BCUT2D eigenvalue weighted by Gasteiger charge is -2.07. The van der Waals surface area contributed by atoms with Crippen LogP contribution in [0, 0.1) is 5.92 Å². The molecule has 0 aromatic rings. The molecule has 0 heterocycles. The van der Waals surface area contributed by atoms with E-state index >= 15 is 0 Å². The fourth-order valence-electron chi connectivity index (χ4n) is 0.617. The zero-order valence-corrected chi connectivity index (χ0v) is 6.64. The molecular formula is C8H17NO. The van der Waals surface area contributed by atoms with Gasteiger partial charge in [0.25, 0.3) is 0 Å². The summed E-state index contributed by atoms with van der Waals surface area (Å²) in [5, 5.41) is 11.8. The summed E-state index contributed by atoms with van der Waals surface area (Å²) in [7, 11) is 0. The van der Waals surface area contributed by atoms with Gasteiger partial charge in [-0.25, -0.2) is 0 Å². The van der Waals surface area contributed by atoms with Crippen molar-refractivity contribution in [3.63, 3.8) is 0 Å². The molecule has 0 aliphatic heterocycles. The van der Waals surface area contributed by atoms with Gasteiger partial charge in [-0.15, -0.1) is 6.58 Å². The van der Waals surface area contributed by atoms with E-state index in [0.29, 0.717) is 5.92 Å². The molecule has 0 amide bonds. The molecule has 1 unspecified atom stereocenters. The molecule has 0 saturated carbocycles. The SMILES string of the molecule is C=CCCNCC(C)CO. The first-order valence-electron chi connectivity index (χ1n) is 3.73. The number of nitrogens with one attached hydrogen (secondary N) is 1. The fraction of sp³-hybridized carbons (Fsp3) is 0.750. The first-order chi connectivity index (χ1) is 4.81. The van der Waals surface area contributed by atoms with Gasteiger partial charge in [0.05, 0.1) is 0 Å². The first-order valence-corrected chi connectivity index (χ1v) is 3.73. The summed E-state index contributed by atoms with van der Waals surface area (Å²) in [5.74, 6) is 0.366. The van der Waals surface area contributed by atoms with Crippen molar-refractivity contribution >= 4 is 0 Å². The lowest BCUT2D eigenvalue weighted by Crippen LogP contribution is -2.23. The maximum Gasteiger partial charge on any atom is 0.0468 e. The summed E-state index contributed by atoms with van der Waals surface area (Å²) in [4.78, 5) is 0. The van der Waals surface area contributed by atoms with E-state index in [1.165, 1.54) is 0 Å². The van der Waals surface area contributed by atoms with Gasteiger partial charge in [0.1, 0.15) is 0 Å². The third kappa shape index (κ3) is 5.79. The predicted octanol–water partition coefficient (Wildman–Crippen LogP) is 0.780. The van der Waals surface area contributed by atoms with Crippen molar-refractivity contribution in [3.05, 3.63) is 12.7 Å². The first kappa shape index (κ1) is 9.66. The molecule has 0 saturated heterocycles. The minimum Gasteiger partial charge on any atom is -0.396 e. The van der Waals surface area contributed by atoms with Crippen molar-refractivity contribution < 1.29 is 5.11 Å². The van der Waals surface area contributed by atoms with Crippen molar-refractivity contribution in [2.45, 2.75) is 13.3 Å². The molecule has 0 bridgehead atoms. The highest BCUT2D eigenvalue weighted by molar-refractivity contribution is 4.67. The third-order valence-corrected chi connectivity index (χ3v) is 1.33. The van der Waals surface area contributed by atoms with E-state index in [2.05, 4.69) is 11.9 Å². The van der Waals surface area contributed by atoms with Crippen LogP contribution in [0.1, 0.15) is 13.3 Å². The quantitative estimate of drug-likeness (QED) is 0.425. The predicted molar refractivity (Wildman–Crippen MR) is 43.9 cm³/mol. The van der Waals surface area contributed by atoms with Crippen molar-refractivity contribution in [1.29, 1.82) is 0 Å². The van der Waals surface area contributed by atoms with Gasteiger partial charge in [0, 0.05) is 6.61 Å². The van der Waals surface area contributed by atoms with E-state index in [4.69, 9.17) is 5.11 Å². The minimum absolute atomic E-state index is 0.265. The molecule has 10 heavy (non-hydrogen) atoms. The summed E-state index contributed by atoms with van der Waals surface area (Å²) in [6.07, 6.45) is 2.88. The summed E-state index contributed by atoms with van der Waals surface area (Å²) in [5.41, 5.74) is 0. The second kappa shape index (κ2) is 6.78. The Balaban J connectivity index is 2.95. The van der Waals surface area contributed by atoms with E-state index in [-0.39, 0.29) is 6.61 Å². The summed E-state index contributed by atoms with van der Waals surface area (Å²) in [6.45, 7) is 7.75. The van der Waals surface area contributed by atoms with Gasteiger partial charge in [-0.05, 0) is 25.4 Å². The summed E-state index contributed by atoms with van der Waals surface area (Å²) >= 11 is 0. The molecule has 2 nitrogen and oxygen atoms in total. The highest BCUT2D eigenvalue weighted by atomic mass is 16.3. The zero-order chi connectivity index (χ0) is 7.82. The largest absolute Gasteiger partial charge is 0.396 e.